The summed E-state index contributed by atoms with van der Waals surface area (Å²) in [5.41, 5.74) is 3.07. The molecule has 1 aromatic carbocycles. The smallest absolute Gasteiger partial charge is 0.246 e. The van der Waals surface area contributed by atoms with Gasteiger partial charge in [0.15, 0.2) is 0 Å². The van der Waals surface area contributed by atoms with Gasteiger partial charge in [0.25, 0.3) is 0 Å². The summed E-state index contributed by atoms with van der Waals surface area (Å²) in [4.78, 5) is 15.5. The molecule has 0 spiro atoms. The number of hydrogen-bond acceptors (Lipinski definition) is 4. The van der Waals surface area contributed by atoms with E-state index in [-0.39, 0.29) is 11.9 Å². The minimum atomic E-state index is -0.221. The lowest BCUT2D eigenvalue weighted by atomic mass is 10.1. The number of amides is 1. The molecule has 0 aliphatic carbocycles. The number of rotatable bonds is 5. The van der Waals surface area contributed by atoms with Gasteiger partial charge in [0.05, 0.1) is 6.54 Å². The molecule has 1 amide bonds. The fourth-order valence-electron chi connectivity index (χ4n) is 2.62. The molecule has 3 rings (SSSR count). The van der Waals surface area contributed by atoms with E-state index in [2.05, 4.69) is 52.2 Å². The van der Waals surface area contributed by atoms with Gasteiger partial charge in [-0.15, -0.1) is 11.3 Å². The number of thiophene rings is 1. The van der Waals surface area contributed by atoms with Crippen LogP contribution in [-0.2, 0) is 11.3 Å². The zero-order chi connectivity index (χ0) is 14.8. The first-order chi connectivity index (χ1) is 10.2. The van der Waals surface area contributed by atoms with Crippen LogP contribution in [0.5, 0.6) is 0 Å². The first-order valence-electron chi connectivity index (χ1n) is 7.10. The van der Waals surface area contributed by atoms with E-state index in [1.165, 1.54) is 4.88 Å². The topological polar surface area (TPSA) is 44.4 Å². The quantitative estimate of drug-likeness (QED) is 0.892. The Bertz CT molecular complexity index is 639. The number of carbonyl (C=O) groups is 1. The highest BCUT2D eigenvalue weighted by Crippen LogP contribution is 2.34. The lowest BCUT2D eigenvalue weighted by molar-refractivity contribution is -0.117. The van der Waals surface area contributed by atoms with Crippen LogP contribution in [0.2, 0.25) is 0 Å². The molecule has 1 atom stereocenters. The Morgan fingerprint density at radius 2 is 2.24 bits per heavy atom. The van der Waals surface area contributed by atoms with Crippen LogP contribution in [0.1, 0.15) is 23.4 Å². The maximum atomic E-state index is 12.0. The van der Waals surface area contributed by atoms with Gasteiger partial charge in [0.2, 0.25) is 5.91 Å². The predicted molar refractivity (Wildman–Crippen MR) is 87.9 cm³/mol. The van der Waals surface area contributed by atoms with Crippen molar-refractivity contribution in [3.63, 3.8) is 0 Å². The molecule has 21 heavy (non-hydrogen) atoms. The first kappa shape index (κ1) is 14.1. The van der Waals surface area contributed by atoms with Crippen LogP contribution in [-0.4, -0.2) is 19.5 Å². The van der Waals surface area contributed by atoms with E-state index in [4.69, 9.17) is 0 Å². The van der Waals surface area contributed by atoms with Gasteiger partial charge in [-0.3, -0.25) is 4.79 Å². The van der Waals surface area contributed by atoms with Crippen molar-refractivity contribution in [3.05, 3.63) is 46.2 Å². The van der Waals surface area contributed by atoms with Crippen LogP contribution in [0.3, 0.4) is 0 Å². The second kappa shape index (κ2) is 5.87. The lowest BCUT2D eigenvalue weighted by Gasteiger charge is -2.19. The van der Waals surface area contributed by atoms with Crippen molar-refractivity contribution in [1.29, 1.82) is 0 Å². The van der Waals surface area contributed by atoms with E-state index >= 15 is 0 Å². The Labute approximate surface area is 128 Å². The fraction of sp³-hybridized carbons (Fsp3) is 0.312. The van der Waals surface area contributed by atoms with Crippen molar-refractivity contribution in [2.24, 2.45) is 0 Å². The molecular weight excluding hydrogens is 282 g/mol. The van der Waals surface area contributed by atoms with Gasteiger partial charge >= 0.3 is 0 Å². The third kappa shape index (κ3) is 2.80. The first-order valence-corrected chi connectivity index (χ1v) is 7.98. The number of likely N-dealkylation sites (N-methyl/N-ethyl adjacent to an activating group) is 1. The molecule has 0 saturated heterocycles. The fourth-order valence-corrected chi connectivity index (χ4v) is 3.38. The molecule has 1 aromatic heterocycles. The molecule has 0 bridgehead atoms. The number of fused-ring (bicyclic) bond motifs is 1. The van der Waals surface area contributed by atoms with Crippen molar-refractivity contribution >= 4 is 28.6 Å². The molecule has 0 saturated carbocycles. The van der Waals surface area contributed by atoms with Gasteiger partial charge in [-0.1, -0.05) is 19.1 Å². The second-order valence-electron chi connectivity index (χ2n) is 5.19. The standard InChI is InChI=1S/C16H19N3OS/c1-3-17-15-13-7-6-11(9-14(13)18-16(15)20)19(2)10-12-5-4-8-21-12/h4-9,15,17H,3,10H2,1-2H3,(H,18,20). The number of nitrogens with zero attached hydrogens (tertiary/aromatic N) is 1. The molecule has 2 aromatic rings. The second-order valence-corrected chi connectivity index (χ2v) is 6.22. The van der Waals surface area contributed by atoms with Gasteiger partial charge in [-0.25, -0.2) is 0 Å². The maximum absolute atomic E-state index is 12.0. The van der Waals surface area contributed by atoms with E-state index < -0.39 is 0 Å². The van der Waals surface area contributed by atoms with Crippen molar-refractivity contribution in [2.45, 2.75) is 19.5 Å². The summed E-state index contributed by atoms with van der Waals surface area (Å²) in [5, 5.41) is 8.26. The summed E-state index contributed by atoms with van der Waals surface area (Å²) in [5.74, 6) is 0.0323. The van der Waals surface area contributed by atoms with E-state index in [0.717, 1.165) is 30.0 Å². The molecular formula is C16H19N3OS. The van der Waals surface area contributed by atoms with Crippen molar-refractivity contribution in [2.75, 3.05) is 23.8 Å². The Balaban J connectivity index is 1.80. The third-order valence-electron chi connectivity index (χ3n) is 3.69. The van der Waals surface area contributed by atoms with Crippen molar-refractivity contribution < 1.29 is 4.79 Å². The minimum Gasteiger partial charge on any atom is -0.369 e. The Morgan fingerprint density at radius 1 is 1.38 bits per heavy atom. The van der Waals surface area contributed by atoms with E-state index in [1.807, 2.05) is 13.0 Å². The minimum absolute atomic E-state index is 0.0323. The van der Waals surface area contributed by atoms with Crippen LogP contribution in [0, 0.1) is 0 Å². The zero-order valence-electron chi connectivity index (χ0n) is 12.2. The summed E-state index contributed by atoms with van der Waals surface area (Å²) < 4.78 is 0. The van der Waals surface area contributed by atoms with E-state index in [9.17, 15) is 4.79 Å². The molecule has 110 valence electrons. The average molecular weight is 301 g/mol. The van der Waals surface area contributed by atoms with Crippen molar-refractivity contribution in [1.82, 2.24) is 5.32 Å². The zero-order valence-corrected chi connectivity index (χ0v) is 13.0. The molecule has 5 heteroatoms. The SMILES string of the molecule is CCNC1C(=O)Nc2cc(N(C)Cc3cccs3)ccc21. The normalized spacial score (nSPS) is 16.7. The number of hydrogen-bond donors (Lipinski definition) is 2. The molecule has 1 unspecified atom stereocenters. The van der Waals surface area contributed by atoms with E-state index in [1.54, 1.807) is 11.3 Å². The maximum Gasteiger partial charge on any atom is 0.246 e. The molecule has 2 N–H and O–H groups in total. The van der Waals surface area contributed by atoms with Crippen LogP contribution >= 0.6 is 11.3 Å². The Morgan fingerprint density at radius 3 is 2.95 bits per heavy atom. The van der Waals surface area contributed by atoms with E-state index in [0.29, 0.717) is 0 Å². The third-order valence-corrected chi connectivity index (χ3v) is 4.55. The Kier molecular flexibility index (Phi) is 3.94. The highest BCUT2D eigenvalue weighted by Gasteiger charge is 2.29. The highest BCUT2D eigenvalue weighted by atomic mass is 32.1. The summed E-state index contributed by atoms with van der Waals surface area (Å²) in [7, 11) is 2.07. The van der Waals surface area contributed by atoms with Gasteiger partial charge in [-0.2, -0.15) is 0 Å². The molecule has 2 heterocycles. The molecule has 0 fully saturated rings. The highest BCUT2D eigenvalue weighted by molar-refractivity contribution is 7.09. The summed E-state index contributed by atoms with van der Waals surface area (Å²) in [6.45, 7) is 3.66. The molecule has 0 radical (unpaired) electrons. The van der Waals surface area contributed by atoms with Gasteiger partial charge in [0.1, 0.15) is 6.04 Å². The van der Waals surface area contributed by atoms with Crippen LogP contribution in [0.25, 0.3) is 0 Å². The summed E-state index contributed by atoms with van der Waals surface area (Å²) in [6.07, 6.45) is 0. The van der Waals surface area contributed by atoms with Crippen molar-refractivity contribution in [3.8, 4) is 0 Å². The summed E-state index contributed by atoms with van der Waals surface area (Å²) in [6, 6.07) is 10.2. The number of benzene rings is 1. The molecule has 4 nitrogen and oxygen atoms in total. The number of nitrogens with one attached hydrogen (secondary N) is 2. The van der Waals surface area contributed by atoms with Crippen LogP contribution in [0.4, 0.5) is 11.4 Å². The Hall–Kier alpha value is -1.85. The molecule has 1 aliphatic heterocycles. The van der Waals surface area contributed by atoms with Crippen LogP contribution in [0.15, 0.2) is 35.7 Å². The average Bonchev–Trinajstić information content (AvgIpc) is 3.07. The monoisotopic (exact) mass is 301 g/mol. The van der Waals surface area contributed by atoms with Gasteiger partial charge < -0.3 is 15.5 Å². The predicted octanol–water partition coefficient (Wildman–Crippen LogP) is 2.99. The van der Waals surface area contributed by atoms with Gasteiger partial charge in [0, 0.05) is 28.9 Å². The van der Waals surface area contributed by atoms with Crippen LogP contribution < -0.4 is 15.5 Å². The lowest BCUT2D eigenvalue weighted by Crippen LogP contribution is -2.27. The molecule has 1 aliphatic rings. The summed E-state index contributed by atoms with van der Waals surface area (Å²) >= 11 is 1.76. The van der Waals surface area contributed by atoms with Gasteiger partial charge in [-0.05, 0) is 30.1 Å². The number of anilines is 2. The largest absolute Gasteiger partial charge is 0.369 e. The number of carbonyl (C=O) groups excluding carboxylic acids is 1.